The van der Waals surface area contributed by atoms with Gasteiger partial charge in [0, 0.05) is 6.20 Å². The van der Waals surface area contributed by atoms with Gasteiger partial charge in [-0.2, -0.15) is 0 Å². The fraction of sp³-hybridized carbons (Fsp3) is 0. The van der Waals surface area contributed by atoms with Gasteiger partial charge in [-0.1, -0.05) is 12.1 Å². The number of carbonyl (C=O) groups is 2. The number of nitrogens with one attached hydrogen (secondary N) is 1. The molecule has 2 rings (SSSR count). The minimum Gasteiger partial charge on any atom is -0.475 e. The molecule has 0 amide bonds. The fourth-order valence-electron chi connectivity index (χ4n) is 1.45. The first-order valence-corrected chi connectivity index (χ1v) is 5.58. The Bertz CT molecular complexity index is 646. The highest BCUT2D eigenvalue weighted by Gasteiger charge is 2.18. The SMILES string of the molecule is O=C(O)C(=O)c1ccccc1Nc1ccnc(Cl)n1. The van der Waals surface area contributed by atoms with Gasteiger partial charge in [0.25, 0.3) is 5.78 Å². The average molecular weight is 278 g/mol. The van der Waals surface area contributed by atoms with E-state index in [4.69, 9.17) is 16.7 Å². The predicted octanol–water partition coefficient (Wildman–Crippen LogP) is 2.14. The number of hydrogen-bond acceptors (Lipinski definition) is 5. The number of hydrogen-bond donors (Lipinski definition) is 2. The number of ketones is 1. The summed E-state index contributed by atoms with van der Waals surface area (Å²) in [5, 5.41) is 11.6. The van der Waals surface area contributed by atoms with Crippen LogP contribution in [0.4, 0.5) is 11.5 Å². The van der Waals surface area contributed by atoms with Gasteiger partial charge in [0.2, 0.25) is 5.28 Å². The van der Waals surface area contributed by atoms with Crippen LogP contribution >= 0.6 is 11.6 Å². The normalized spacial score (nSPS) is 9.95. The summed E-state index contributed by atoms with van der Waals surface area (Å²) in [7, 11) is 0. The number of anilines is 2. The van der Waals surface area contributed by atoms with Gasteiger partial charge in [-0.05, 0) is 29.8 Å². The Balaban J connectivity index is 2.35. The summed E-state index contributed by atoms with van der Waals surface area (Å²) in [4.78, 5) is 29.9. The third-order valence-electron chi connectivity index (χ3n) is 2.25. The van der Waals surface area contributed by atoms with E-state index in [1.807, 2.05) is 0 Å². The maximum atomic E-state index is 11.5. The van der Waals surface area contributed by atoms with E-state index in [9.17, 15) is 9.59 Å². The second-order valence-electron chi connectivity index (χ2n) is 3.52. The van der Waals surface area contributed by atoms with Crippen LogP contribution in [0, 0.1) is 0 Å². The van der Waals surface area contributed by atoms with Crippen LogP contribution in [0.3, 0.4) is 0 Å². The molecule has 1 aromatic heterocycles. The molecule has 19 heavy (non-hydrogen) atoms. The highest BCUT2D eigenvalue weighted by Crippen LogP contribution is 2.20. The molecule has 96 valence electrons. The fourth-order valence-corrected chi connectivity index (χ4v) is 1.60. The largest absolute Gasteiger partial charge is 0.475 e. The molecular weight excluding hydrogens is 270 g/mol. The average Bonchev–Trinajstić information content (AvgIpc) is 2.38. The van der Waals surface area contributed by atoms with Crippen molar-refractivity contribution in [3.63, 3.8) is 0 Å². The van der Waals surface area contributed by atoms with E-state index in [0.717, 1.165) is 0 Å². The van der Waals surface area contributed by atoms with Gasteiger partial charge in [0.1, 0.15) is 5.82 Å². The molecule has 0 bridgehead atoms. The molecular formula is C12H8ClN3O3. The minimum absolute atomic E-state index is 0.0461. The molecule has 0 aliphatic carbocycles. The molecule has 0 saturated heterocycles. The van der Waals surface area contributed by atoms with Crippen molar-refractivity contribution >= 4 is 34.9 Å². The van der Waals surface area contributed by atoms with Gasteiger partial charge in [-0.3, -0.25) is 4.79 Å². The summed E-state index contributed by atoms with van der Waals surface area (Å²) < 4.78 is 0. The van der Waals surface area contributed by atoms with Crippen molar-refractivity contribution in [2.24, 2.45) is 0 Å². The molecule has 2 N–H and O–H groups in total. The van der Waals surface area contributed by atoms with Gasteiger partial charge in [0.05, 0.1) is 11.3 Å². The van der Waals surface area contributed by atoms with Crippen molar-refractivity contribution < 1.29 is 14.7 Å². The molecule has 0 aliphatic rings. The van der Waals surface area contributed by atoms with Crippen LogP contribution in [0.2, 0.25) is 5.28 Å². The van der Waals surface area contributed by atoms with Gasteiger partial charge in [-0.15, -0.1) is 0 Å². The first-order valence-electron chi connectivity index (χ1n) is 5.20. The van der Waals surface area contributed by atoms with Crippen molar-refractivity contribution in [2.75, 3.05) is 5.32 Å². The third kappa shape index (κ3) is 3.05. The van der Waals surface area contributed by atoms with Gasteiger partial charge in [-0.25, -0.2) is 14.8 Å². The van der Waals surface area contributed by atoms with E-state index < -0.39 is 11.8 Å². The molecule has 1 aromatic carbocycles. The van der Waals surface area contributed by atoms with Gasteiger partial charge < -0.3 is 10.4 Å². The molecule has 6 nitrogen and oxygen atoms in total. The lowest BCUT2D eigenvalue weighted by Gasteiger charge is -2.09. The molecule has 2 aromatic rings. The molecule has 1 heterocycles. The molecule has 0 atom stereocenters. The zero-order valence-corrected chi connectivity index (χ0v) is 10.3. The number of carboxylic acid groups (broad SMARTS) is 1. The Kier molecular flexibility index (Phi) is 3.72. The van der Waals surface area contributed by atoms with Crippen LogP contribution in [0.5, 0.6) is 0 Å². The Morgan fingerprint density at radius 2 is 1.95 bits per heavy atom. The molecule has 0 spiro atoms. The Morgan fingerprint density at radius 1 is 1.21 bits per heavy atom. The van der Waals surface area contributed by atoms with E-state index in [-0.39, 0.29) is 10.8 Å². The number of benzene rings is 1. The van der Waals surface area contributed by atoms with Crippen molar-refractivity contribution in [1.29, 1.82) is 0 Å². The highest BCUT2D eigenvalue weighted by molar-refractivity contribution is 6.41. The van der Waals surface area contributed by atoms with Gasteiger partial charge in [0.15, 0.2) is 0 Å². The summed E-state index contributed by atoms with van der Waals surface area (Å²) in [6, 6.07) is 7.79. The maximum absolute atomic E-state index is 11.5. The zero-order chi connectivity index (χ0) is 13.8. The quantitative estimate of drug-likeness (QED) is 0.505. The minimum atomic E-state index is -1.52. The zero-order valence-electron chi connectivity index (χ0n) is 9.50. The van der Waals surface area contributed by atoms with E-state index in [1.54, 1.807) is 24.3 Å². The highest BCUT2D eigenvalue weighted by atomic mass is 35.5. The number of Topliss-reactive ketones (excluding diaryl/α,β-unsaturated/α-hetero) is 1. The molecule has 7 heteroatoms. The first kappa shape index (κ1) is 13.0. The number of carboxylic acids is 1. The van der Waals surface area contributed by atoms with Crippen LogP contribution in [0.15, 0.2) is 36.5 Å². The number of rotatable bonds is 4. The standard InChI is InChI=1S/C12H8ClN3O3/c13-12-14-6-5-9(16-12)15-8-4-2-1-3-7(8)10(17)11(18)19/h1-6H,(H,18,19)(H,14,15,16). The molecule has 0 aliphatic heterocycles. The lowest BCUT2D eigenvalue weighted by atomic mass is 10.1. The molecule has 0 fully saturated rings. The summed E-state index contributed by atoms with van der Waals surface area (Å²) in [6.07, 6.45) is 1.44. The summed E-state index contributed by atoms with van der Waals surface area (Å²) in [5.74, 6) is -2.15. The van der Waals surface area contributed by atoms with Gasteiger partial charge >= 0.3 is 5.97 Å². The number of carbonyl (C=O) groups excluding carboxylic acids is 1. The van der Waals surface area contributed by atoms with Crippen LogP contribution in [-0.4, -0.2) is 26.8 Å². The molecule has 0 unspecified atom stereocenters. The summed E-state index contributed by atoms with van der Waals surface area (Å²) >= 11 is 5.64. The van der Waals surface area contributed by atoms with Crippen molar-refractivity contribution in [2.45, 2.75) is 0 Å². The molecule has 0 radical (unpaired) electrons. The van der Waals surface area contributed by atoms with Crippen LogP contribution < -0.4 is 5.32 Å². The first-order chi connectivity index (χ1) is 9.08. The van der Waals surface area contributed by atoms with Crippen molar-refractivity contribution in [3.8, 4) is 0 Å². The lowest BCUT2D eigenvalue weighted by molar-refractivity contribution is -0.131. The predicted molar refractivity (Wildman–Crippen MR) is 68.7 cm³/mol. The number of aromatic nitrogens is 2. The second kappa shape index (κ2) is 5.45. The van der Waals surface area contributed by atoms with Crippen LogP contribution in [0.1, 0.15) is 10.4 Å². The number of nitrogens with zero attached hydrogens (tertiary/aromatic N) is 2. The van der Waals surface area contributed by atoms with Crippen molar-refractivity contribution in [1.82, 2.24) is 9.97 Å². The topological polar surface area (TPSA) is 92.2 Å². The van der Waals surface area contributed by atoms with E-state index in [1.165, 1.54) is 12.3 Å². The smallest absolute Gasteiger partial charge is 0.377 e. The monoisotopic (exact) mass is 277 g/mol. The second-order valence-corrected chi connectivity index (χ2v) is 3.85. The molecule has 0 saturated carbocycles. The lowest BCUT2D eigenvalue weighted by Crippen LogP contribution is -2.14. The Hall–Kier alpha value is -2.47. The van der Waals surface area contributed by atoms with Crippen LogP contribution in [-0.2, 0) is 4.79 Å². The summed E-state index contributed by atoms with van der Waals surface area (Å²) in [5.41, 5.74) is 0.384. The van der Waals surface area contributed by atoms with Crippen LogP contribution in [0.25, 0.3) is 0 Å². The van der Waals surface area contributed by atoms with Crippen molar-refractivity contribution in [3.05, 3.63) is 47.4 Å². The maximum Gasteiger partial charge on any atom is 0.377 e. The number of halogens is 1. The number of aliphatic carboxylic acids is 1. The van der Waals surface area contributed by atoms with E-state index in [0.29, 0.717) is 11.5 Å². The van der Waals surface area contributed by atoms with E-state index >= 15 is 0 Å². The Morgan fingerprint density at radius 3 is 2.63 bits per heavy atom. The number of para-hydroxylation sites is 1. The van der Waals surface area contributed by atoms with E-state index in [2.05, 4.69) is 15.3 Å². The summed E-state index contributed by atoms with van der Waals surface area (Å²) in [6.45, 7) is 0. The third-order valence-corrected chi connectivity index (χ3v) is 2.44. The Labute approximate surface area is 113 Å².